The fraction of sp³-hybridized carbons (Fsp3) is 0.867. The van der Waals surface area contributed by atoms with Gasteiger partial charge in [0.2, 0.25) is 5.91 Å². The molecule has 0 aromatic carbocycles. The molecule has 0 aliphatic carbocycles. The van der Waals surface area contributed by atoms with Crippen molar-refractivity contribution in [1.82, 2.24) is 10.2 Å². The van der Waals surface area contributed by atoms with Crippen LogP contribution in [0.4, 0.5) is 0 Å². The molecular weight excluding hydrogens is 256 g/mol. The monoisotopic (exact) mass is 284 g/mol. The highest BCUT2D eigenvalue weighted by Crippen LogP contribution is 2.35. The molecule has 2 N–H and O–H groups in total. The molecule has 1 amide bonds. The Balaban J connectivity index is 2.71. The fourth-order valence-corrected chi connectivity index (χ4v) is 3.02. The van der Waals surface area contributed by atoms with Gasteiger partial charge in [0.05, 0.1) is 11.5 Å². The second-order valence-electron chi connectivity index (χ2n) is 5.88. The smallest absolute Gasteiger partial charge is 0.310 e. The van der Waals surface area contributed by atoms with E-state index >= 15 is 0 Å². The molecule has 1 aliphatic rings. The number of carboxylic acids is 1. The van der Waals surface area contributed by atoms with Gasteiger partial charge in [0.15, 0.2) is 0 Å². The van der Waals surface area contributed by atoms with Gasteiger partial charge in [-0.15, -0.1) is 0 Å². The van der Waals surface area contributed by atoms with Crippen molar-refractivity contribution in [2.45, 2.75) is 58.9 Å². The Hall–Kier alpha value is -1.10. The van der Waals surface area contributed by atoms with Crippen molar-refractivity contribution in [3.8, 4) is 0 Å². The van der Waals surface area contributed by atoms with E-state index in [0.717, 1.165) is 32.2 Å². The van der Waals surface area contributed by atoms with Crippen LogP contribution in [0.2, 0.25) is 0 Å². The normalized spacial score (nSPS) is 25.1. The molecule has 0 spiro atoms. The van der Waals surface area contributed by atoms with Crippen LogP contribution in [0, 0.1) is 5.41 Å². The lowest BCUT2D eigenvalue weighted by Crippen LogP contribution is -2.54. The van der Waals surface area contributed by atoms with Gasteiger partial charge in [-0.2, -0.15) is 0 Å². The lowest BCUT2D eigenvalue weighted by Gasteiger charge is -2.42. The number of hydrogen-bond donors (Lipinski definition) is 2. The Morgan fingerprint density at radius 3 is 2.60 bits per heavy atom. The molecule has 1 heterocycles. The van der Waals surface area contributed by atoms with Gasteiger partial charge in [-0.3, -0.25) is 14.5 Å². The van der Waals surface area contributed by atoms with Gasteiger partial charge >= 0.3 is 5.97 Å². The molecule has 0 aromatic heterocycles. The third-order valence-electron chi connectivity index (χ3n) is 4.27. The number of hydrogen-bond acceptors (Lipinski definition) is 3. The maximum Gasteiger partial charge on any atom is 0.310 e. The Kier molecular flexibility index (Phi) is 6.46. The number of carbonyl (C=O) groups excluding carboxylic acids is 1. The van der Waals surface area contributed by atoms with E-state index in [1.807, 2.05) is 25.7 Å². The fourth-order valence-electron chi connectivity index (χ4n) is 3.02. The number of nitrogens with zero attached hydrogens (tertiary/aromatic N) is 1. The minimum atomic E-state index is -0.717. The lowest BCUT2D eigenvalue weighted by atomic mass is 9.76. The van der Waals surface area contributed by atoms with Gasteiger partial charge in [-0.05, 0) is 39.2 Å². The second kappa shape index (κ2) is 7.62. The van der Waals surface area contributed by atoms with Crippen molar-refractivity contribution < 1.29 is 14.7 Å². The Bertz CT molecular complexity index is 342. The van der Waals surface area contributed by atoms with Crippen LogP contribution in [0.25, 0.3) is 0 Å². The molecule has 116 valence electrons. The maximum absolute atomic E-state index is 12.0. The molecule has 5 nitrogen and oxygen atoms in total. The van der Waals surface area contributed by atoms with Crippen molar-refractivity contribution in [2.24, 2.45) is 5.41 Å². The van der Waals surface area contributed by atoms with E-state index in [4.69, 9.17) is 0 Å². The number of carboxylic acid groups (broad SMARTS) is 1. The van der Waals surface area contributed by atoms with E-state index in [-0.39, 0.29) is 11.9 Å². The SMILES string of the molecule is CCCNC(=O)C(C)N1CCCC(CCC)(C(=O)O)C1. The highest BCUT2D eigenvalue weighted by Gasteiger charge is 2.43. The largest absolute Gasteiger partial charge is 0.481 e. The summed E-state index contributed by atoms with van der Waals surface area (Å²) in [6.07, 6.45) is 4.01. The number of amides is 1. The van der Waals surface area contributed by atoms with E-state index in [2.05, 4.69) is 5.32 Å². The van der Waals surface area contributed by atoms with Crippen LogP contribution >= 0.6 is 0 Å². The molecule has 20 heavy (non-hydrogen) atoms. The minimum absolute atomic E-state index is 0.00420. The van der Waals surface area contributed by atoms with Crippen LogP contribution in [-0.2, 0) is 9.59 Å². The first-order valence-electron chi connectivity index (χ1n) is 7.72. The number of nitrogens with one attached hydrogen (secondary N) is 1. The summed E-state index contributed by atoms with van der Waals surface area (Å²) in [5.74, 6) is -0.713. The topological polar surface area (TPSA) is 69.6 Å². The third kappa shape index (κ3) is 3.95. The van der Waals surface area contributed by atoms with Crippen LogP contribution in [-0.4, -0.2) is 47.6 Å². The quantitative estimate of drug-likeness (QED) is 0.749. The van der Waals surface area contributed by atoms with Crippen molar-refractivity contribution in [2.75, 3.05) is 19.6 Å². The first-order valence-corrected chi connectivity index (χ1v) is 7.72. The van der Waals surface area contributed by atoms with Crippen LogP contribution in [0.15, 0.2) is 0 Å². The summed E-state index contributed by atoms with van der Waals surface area (Å²) < 4.78 is 0. The van der Waals surface area contributed by atoms with Gasteiger partial charge in [0.25, 0.3) is 0 Å². The van der Waals surface area contributed by atoms with Crippen LogP contribution in [0.1, 0.15) is 52.9 Å². The number of aliphatic carboxylic acids is 1. The molecule has 1 rings (SSSR count). The van der Waals surface area contributed by atoms with E-state index in [9.17, 15) is 14.7 Å². The Labute approximate surface area is 121 Å². The molecule has 5 heteroatoms. The molecule has 1 aliphatic heterocycles. The van der Waals surface area contributed by atoms with Crippen LogP contribution in [0.3, 0.4) is 0 Å². The van der Waals surface area contributed by atoms with E-state index in [1.54, 1.807) is 0 Å². The second-order valence-corrected chi connectivity index (χ2v) is 5.88. The molecule has 2 unspecified atom stereocenters. The Morgan fingerprint density at radius 1 is 1.35 bits per heavy atom. The minimum Gasteiger partial charge on any atom is -0.481 e. The van der Waals surface area contributed by atoms with Crippen molar-refractivity contribution in [3.63, 3.8) is 0 Å². The van der Waals surface area contributed by atoms with E-state index in [1.165, 1.54) is 0 Å². The first kappa shape index (κ1) is 17.0. The Morgan fingerprint density at radius 2 is 2.05 bits per heavy atom. The van der Waals surface area contributed by atoms with E-state index in [0.29, 0.717) is 19.5 Å². The summed E-state index contributed by atoms with van der Waals surface area (Å²) in [5.41, 5.74) is -0.674. The first-order chi connectivity index (χ1) is 9.46. The summed E-state index contributed by atoms with van der Waals surface area (Å²) in [5, 5.41) is 12.5. The molecular formula is C15H28N2O3. The van der Waals surface area contributed by atoms with Gasteiger partial charge in [-0.25, -0.2) is 0 Å². The maximum atomic E-state index is 12.0. The standard InChI is InChI=1S/C15H28N2O3/c1-4-7-15(14(19)20)8-6-10-17(11-15)12(3)13(18)16-9-5-2/h12H,4-11H2,1-3H3,(H,16,18)(H,19,20). The molecule has 1 saturated heterocycles. The molecule has 2 atom stereocenters. The zero-order valence-electron chi connectivity index (χ0n) is 12.9. The zero-order valence-corrected chi connectivity index (χ0v) is 12.9. The van der Waals surface area contributed by atoms with Gasteiger partial charge < -0.3 is 10.4 Å². The van der Waals surface area contributed by atoms with Crippen molar-refractivity contribution >= 4 is 11.9 Å². The highest BCUT2D eigenvalue weighted by molar-refractivity contribution is 5.81. The number of rotatable bonds is 7. The molecule has 0 saturated carbocycles. The molecule has 0 bridgehead atoms. The van der Waals surface area contributed by atoms with Gasteiger partial charge in [0.1, 0.15) is 0 Å². The summed E-state index contributed by atoms with van der Waals surface area (Å²) in [4.78, 5) is 25.7. The van der Waals surface area contributed by atoms with Crippen LogP contribution < -0.4 is 5.32 Å². The molecule has 1 fully saturated rings. The zero-order chi connectivity index (χ0) is 15.2. The predicted octanol–water partition coefficient (Wildman–Crippen LogP) is 1.87. The summed E-state index contributed by atoms with van der Waals surface area (Å²) in [6.45, 7) is 7.87. The van der Waals surface area contributed by atoms with Gasteiger partial charge in [0, 0.05) is 13.1 Å². The van der Waals surface area contributed by atoms with Gasteiger partial charge in [-0.1, -0.05) is 20.3 Å². The van der Waals surface area contributed by atoms with Crippen LogP contribution in [0.5, 0.6) is 0 Å². The number of carbonyl (C=O) groups is 2. The third-order valence-corrected chi connectivity index (χ3v) is 4.27. The summed E-state index contributed by atoms with van der Waals surface area (Å²) in [6, 6.07) is -0.252. The summed E-state index contributed by atoms with van der Waals surface area (Å²) in [7, 11) is 0. The highest BCUT2D eigenvalue weighted by atomic mass is 16.4. The number of likely N-dealkylation sites (tertiary alicyclic amines) is 1. The van der Waals surface area contributed by atoms with Crippen molar-refractivity contribution in [1.29, 1.82) is 0 Å². The van der Waals surface area contributed by atoms with Crippen molar-refractivity contribution in [3.05, 3.63) is 0 Å². The predicted molar refractivity (Wildman–Crippen MR) is 78.5 cm³/mol. The lowest BCUT2D eigenvalue weighted by molar-refractivity contribution is -0.155. The average molecular weight is 284 g/mol. The molecule has 0 aromatic rings. The number of piperidine rings is 1. The summed E-state index contributed by atoms with van der Waals surface area (Å²) >= 11 is 0. The average Bonchev–Trinajstić information content (AvgIpc) is 2.44. The molecule has 0 radical (unpaired) electrons. The van der Waals surface area contributed by atoms with E-state index < -0.39 is 11.4 Å².